The second kappa shape index (κ2) is 9.36. The van der Waals surface area contributed by atoms with E-state index in [0.717, 1.165) is 12.8 Å². The summed E-state index contributed by atoms with van der Waals surface area (Å²) in [5, 5.41) is 40.1. The van der Waals surface area contributed by atoms with Gasteiger partial charge in [0.15, 0.2) is 24.7 Å². The van der Waals surface area contributed by atoms with E-state index in [2.05, 4.69) is 27.7 Å². The van der Waals surface area contributed by atoms with Crippen molar-refractivity contribution >= 4 is 0 Å². The lowest BCUT2D eigenvalue weighted by Gasteiger charge is -2.37. The average molecular weight is 461 g/mol. The molecule has 4 N–H and O–H groups in total. The maximum absolute atomic E-state index is 10.8. The van der Waals surface area contributed by atoms with Crippen molar-refractivity contribution in [1.29, 1.82) is 0 Å². The summed E-state index contributed by atoms with van der Waals surface area (Å²) < 4.78 is 30.1. The maximum atomic E-state index is 10.8. The van der Waals surface area contributed by atoms with Crippen LogP contribution in [0.4, 0.5) is 0 Å². The van der Waals surface area contributed by atoms with Gasteiger partial charge in [-0.2, -0.15) is 0 Å². The molecule has 8 atom stereocenters. The first-order chi connectivity index (χ1) is 15.1. The first-order valence-electron chi connectivity index (χ1n) is 12.1. The molecule has 1 aliphatic carbocycles. The van der Waals surface area contributed by atoms with Crippen molar-refractivity contribution < 1.29 is 44.1 Å². The lowest BCUT2D eigenvalue weighted by Crippen LogP contribution is -2.43. The molecule has 7 unspecified atom stereocenters. The van der Waals surface area contributed by atoms with Crippen LogP contribution in [0.2, 0.25) is 0 Å². The normalized spacial score (nSPS) is 44.2. The first-order valence-corrected chi connectivity index (χ1v) is 12.1. The monoisotopic (exact) mass is 460 g/mol. The fraction of sp³-hybridized carbons (Fsp3) is 1.00. The molecule has 0 amide bonds. The molecule has 186 valence electrons. The van der Waals surface area contributed by atoms with E-state index < -0.39 is 55.2 Å². The van der Waals surface area contributed by atoms with E-state index in [0.29, 0.717) is 31.6 Å². The summed E-state index contributed by atoms with van der Waals surface area (Å²) in [6.45, 7) is 8.48. The molecule has 0 aromatic heterocycles. The summed E-state index contributed by atoms with van der Waals surface area (Å²) in [5.74, 6) is -0.538. The summed E-state index contributed by atoms with van der Waals surface area (Å²) >= 11 is 0. The molecule has 4 aliphatic rings. The molecule has 0 aromatic rings. The third kappa shape index (κ3) is 4.61. The van der Waals surface area contributed by atoms with Gasteiger partial charge >= 0.3 is 0 Å². The van der Waals surface area contributed by atoms with E-state index in [1.807, 2.05) is 0 Å². The van der Waals surface area contributed by atoms with Crippen LogP contribution in [0.5, 0.6) is 0 Å². The molecule has 3 saturated heterocycles. The molecule has 4 fully saturated rings. The number of hydrogen-bond acceptors (Lipinski definition) is 9. The van der Waals surface area contributed by atoms with Crippen LogP contribution < -0.4 is 0 Å². The lowest BCUT2D eigenvalue weighted by atomic mass is 9.75. The van der Waals surface area contributed by atoms with Gasteiger partial charge in [-0.15, -0.1) is 0 Å². The predicted octanol–water partition coefficient (Wildman–Crippen LogP) is 1.25. The Bertz CT molecular complexity index is 635. The van der Waals surface area contributed by atoms with Gasteiger partial charge in [0.05, 0.1) is 12.7 Å². The molecule has 9 heteroatoms. The highest BCUT2D eigenvalue weighted by Gasteiger charge is 2.64. The minimum atomic E-state index is -1.33. The highest BCUT2D eigenvalue weighted by Crippen LogP contribution is 2.49. The number of ether oxygens (including phenoxy) is 5. The summed E-state index contributed by atoms with van der Waals surface area (Å²) in [6.07, 6.45) is -2.10. The molecule has 1 saturated carbocycles. The number of fused-ring (bicyclic) bond motifs is 3. The quantitative estimate of drug-likeness (QED) is 0.396. The Hall–Kier alpha value is -0.360. The number of aliphatic hydroxyl groups is 4. The van der Waals surface area contributed by atoms with Gasteiger partial charge in [-0.1, -0.05) is 27.7 Å². The van der Waals surface area contributed by atoms with Crippen molar-refractivity contribution in [2.45, 2.75) is 121 Å². The Morgan fingerprint density at radius 3 is 2.31 bits per heavy atom. The number of aliphatic hydroxyl groups excluding tert-OH is 3. The number of rotatable bonds is 8. The summed E-state index contributed by atoms with van der Waals surface area (Å²) in [7, 11) is 0. The van der Waals surface area contributed by atoms with Crippen LogP contribution in [0.15, 0.2) is 0 Å². The van der Waals surface area contributed by atoms with Gasteiger partial charge < -0.3 is 44.1 Å². The third-order valence-corrected chi connectivity index (χ3v) is 7.94. The zero-order valence-corrected chi connectivity index (χ0v) is 19.6. The molecule has 0 aromatic carbocycles. The number of hydrogen-bond donors (Lipinski definition) is 4. The van der Waals surface area contributed by atoms with E-state index >= 15 is 0 Å². The van der Waals surface area contributed by atoms with Crippen molar-refractivity contribution in [2.24, 2.45) is 17.3 Å². The van der Waals surface area contributed by atoms with Crippen LogP contribution in [0.1, 0.15) is 66.2 Å². The van der Waals surface area contributed by atoms with Crippen LogP contribution in [-0.2, 0) is 23.7 Å². The second-order valence-corrected chi connectivity index (χ2v) is 10.7. The third-order valence-electron chi connectivity index (χ3n) is 7.94. The molecule has 3 aliphatic heterocycles. The Morgan fingerprint density at radius 2 is 1.72 bits per heavy atom. The predicted molar refractivity (Wildman–Crippen MR) is 112 cm³/mol. The van der Waals surface area contributed by atoms with Crippen molar-refractivity contribution in [3.63, 3.8) is 0 Å². The van der Waals surface area contributed by atoms with E-state index in [-0.39, 0.29) is 17.9 Å². The average Bonchev–Trinajstić information content (AvgIpc) is 3.33. The van der Waals surface area contributed by atoms with Crippen LogP contribution in [0.3, 0.4) is 0 Å². The van der Waals surface area contributed by atoms with E-state index in [9.17, 15) is 20.4 Å². The van der Waals surface area contributed by atoms with E-state index in [4.69, 9.17) is 23.7 Å². The fourth-order valence-corrected chi connectivity index (χ4v) is 5.82. The van der Waals surface area contributed by atoms with Gasteiger partial charge in [0.1, 0.15) is 24.4 Å². The molecule has 32 heavy (non-hydrogen) atoms. The first kappa shape index (κ1) is 24.8. The van der Waals surface area contributed by atoms with E-state index in [1.54, 1.807) is 0 Å². The summed E-state index contributed by atoms with van der Waals surface area (Å²) in [4.78, 5) is 0. The minimum absolute atomic E-state index is 0.0839. The van der Waals surface area contributed by atoms with Gasteiger partial charge in [-0.3, -0.25) is 0 Å². The van der Waals surface area contributed by atoms with Crippen LogP contribution in [0.25, 0.3) is 0 Å². The molecule has 0 radical (unpaired) electrons. The molecule has 4 rings (SSSR count). The maximum Gasteiger partial charge on any atom is 0.190 e. The molecular weight excluding hydrogens is 420 g/mol. The highest BCUT2D eigenvalue weighted by atomic mass is 16.9. The topological polar surface area (TPSA) is 127 Å². The highest BCUT2D eigenvalue weighted by molar-refractivity contribution is 5.04. The largest absolute Gasteiger partial charge is 0.390 e. The van der Waals surface area contributed by atoms with Crippen LogP contribution >= 0.6 is 0 Å². The SMILES string of the molecule is CCC(C)(CC(C)C)C(O)COC1C2OC3OC4(CCC(C(O)O)CC4)OC3C2O[C@H]1O. The Morgan fingerprint density at radius 1 is 1.03 bits per heavy atom. The van der Waals surface area contributed by atoms with Gasteiger partial charge in [0, 0.05) is 18.8 Å². The van der Waals surface area contributed by atoms with Crippen LogP contribution in [0, 0.1) is 17.3 Å². The van der Waals surface area contributed by atoms with Crippen molar-refractivity contribution in [3.05, 3.63) is 0 Å². The lowest BCUT2D eigenvalue weighted by molar-refractivity contribution is -0.255. The van der Waals surface area contributed by atoms with Crippen LogP contribution in [-0.4, -0.2) is 82.2 Å². The summed E-state index contributed by atoms with van der Waals surface area (Å²) in [5.41, 5.74) is -0.273. The van der Waals surface area contributed by atoms with Crippen molar-refractivity contribution in [2.75, 3.05) is 6.61 Å². The van der Waals surface area contributed by atoms with Gasteiger partial charge in [0.2, 0.25) is 0 Å². The van der Waals surface area contributed by atoms with Gasteiger partial charge in [-0.05, 0) is 37.0 Å². The summed E-state index contributed by atoms with van der Waals surface area (Å²) in [6, 6.07) is 0. The Kier molecular flexibility index (Phi) is 7.24. The zero-order valence-electron chi connectivity index (χ0n) is 19.6. The van der Waals surface area contributed by atoms with E-state index in [1.165, 1.54) is 0 Å². The standard InChI is InChI=1S/C23H40O9/c1-5-22(4,10-12(2)3)14(24)11-28-17-15-16(29-20(17)27)18-21(30-15)32-23(31-18)8-6-13(7-9-23)19(25)26/h12-21,24-27H,5-11H2,1-4H3/t13?,14?,15?,16?,17?,18?,20-,21?,22?,23?/m1/s1. The minimum Gasteiger partial charge on any atom is -0.390 e. The Labute approximate surface area is 189 Å². The van der Waals surface area contributed by atoms with Crippen molar-refractivity contribution in [3.8, 4) is 0 Å². The smallest absolute Gasteiger partial charge is 0.190 e. The molecular formula is C23H40O9. The fourth-order valence-electron chi connectivity index (χ4n) is 5.82. The Balaban J connectivity index is 1.33. The molecule has 9 nitrogen and oxygen atoms in total. The zero-order chi connectivity index (χ0) is 23.3. The van der Waals surface area contributed by atoms with Gasteiger partial charge in [0.25, 0.3) is 0 Å². The second-order valence-electron chi connectivity index (χ2n) is 10.7. The molecule has 1 spiro atoms. The van der Waals surface area contributed by atoms with Crippen molar-refractivity contribution in [1.82, 2.24) is 0 Å². The van der Waals surface area contributed by atoms with Gasteiger partial charge in [-0.25, -0.2) is 0 Å². The molecule has 0 bridgehead atoms. The molecule has 3 heterocycles.